The van der Waals surface area contributed by atoms with Gasteiger partial charge in [-0.1, -0.05) is 52.7 Å². The van der Waals surface area contributed by atoms with Gasteiger partial charge in [0.15, 0.2) is 5.69 Å². The Hall–Kier alpha value is -2.57. The number of aromatic nitrogens is 3. The number of carboxylic acids is 1. The van der Waals surface area contributed by atoms with E-state index in [1.807, 2.05) is 6.07 Å². The van der Waals surface area contributed by atoms with E-state index in [9.17, 15) is 18.3 Å². The van der Waals surface area contributed by atoms with E-state index in [-0.39, 0.29) is 17.4 Å². The van der Waals surface area contributed by atoms with Crippen LogP contribution in [0.5, 0.6) is 0 Å². The lowest BCUT2D eigenvalue weighted by molar-refractivity contribution is 0.0686. The summed E-state index contributed by atoms with van der Waals surface area (Å²) >= 11 is 15.5. The van der Waals surface area contributed by atoms with E-state index < -0.39 is 16.0 Å². The highest BCUT2D eigenvalue weighted by atomic mass is 35.5. The number of fused-ring (bicyclic) bond motifs is 3. The van der Waals surface area contributed by atoms with E-state index in [1.165, 1.54) is 16.0 Å². The lowest BCUT2D eigenvalue weighted by Gasteiger charge is -2.21. The molecule has 5 rings (SSSR count). The Morgan fingerprint density at radius 3 is 2.62 bits per heavy atom. The molecule has 0 aliphatic carbocycles. The van der Waals surface area contributed by atoms with E-state index in [0.29, 0.717) is 43.4 Å². The molecule has 3 heterocycles. The minimum absolute atomic E-state index is 0.0230. The molecule has 4 aromatic rings. The van der Waals surface area contributed by atoms with Crippen molar-refractivity contribution in [1.29, 1.82) is 0 Å². The molecule has 2 N–H and O–H groups in total. The topological polar surface area (TPSA) is 114 Å². The average molecular weight is 596 g/mol. The molecule has 1 atom stereocenters. The van der Waals surface area contributed by atoms with Crippen molar-refractivity contribution in [2.45, 2.75) is 29.7 Å². The third-order valence-corrected chi connectivity index (χ3v) is 9.59. The molecule has 0 saturated heterocycles. The van der Waals surface area contributed by atoms with Crippen LogP contribution >= 0.6 is 46.3 Å². The number of carbonyl (C=O) groups is 1. The third kappa shape index (κ3) is 4.98. The van der Waals surface area contributed by atoms with E-state index in [1.54, 1.807) is 49.0 Å². The SMILES string of the molecule is Cc1nn(-c2nc3c(s2)SC(C)c2cc(Cl)c(Cl)cc2-3)c(C(=O)O)c1Cc1ccccc1NS(C)(=O)=O. The largest absolute Gasteiger partial charge is 0.476 e. The first-order valence-corrected chi connectivity index (χ1v) is 15.3. The number of thiazole rings is 1. The van der Waals surface area contributed by atoms with Gasteiger partial charge in [-0.2, -0.15) is 9.78 Å². The first-order chi connectivity index (χ1) is 17.4. The molecule has 0 amide bonds. The molecule has 37 heavy (non-hydrogen) atoms. The molecule has 1 aliphatic rings. The second kappa shape index (κ2) is 9.63. The van der Waals surface area contributed by atoms with Crippen molar-refractivity contribution in [3.8, 4) is 16.4 Å². The van der Waals surface area contributed by atoms with Crippen LogP contribution in [0.25, 0.3) is 16.4 Å². The fourth-order valence-corrected chi connectivity index (χ4v) is 7.72. The number of aryl methyl sites for hydroxylation is 1. The van der Waals surface area contributed by atoms with Crippen LogP contribution in [0.2, 0.25) is 10.0 Å². The minimum atomic E-state index is -3.52. The van der Waals surface area contributed by atoms with Crippen molar-refractivity contribution in [2.24, 2.45) is 0 Å². The zero-order valence-corrected chi connectivity index (χ0v) is 23.7. The number of nitrogens with zero attached hydrogens (tertiary/aromatic N) is 3. The van der Waals surface area contributed by atoms with Gasteiger partial charge in [0.2, 0.25) is 15.2 Å². The number of halogens is 2. The Morgan fingerprint density at radius 1 is 1.22 bits per heavy atom. The van der Waals surface area contributed by atoms with Crippen LogP contribution < -0.4 is 4.72 Å². The highest BCUT2D eigenvalue weighted by Gasteiger charge is 2.30. The summed E-state index contributed by atoms with van der Waals surface area (Å²) in [6.07, 6.45) is 1.23. The summed E-state index contributed by atoms with van der Waals surface area (Å²) in [4.78, 5) is 17.3. The molecule has 8 nitrogen and oxygen atoms in total. The highest BCUT2D eigenvalue weighted by molar-refractivity contribution is 8.01. The third-order valence-electron chi connectivity index (χ3n) is 5.90. The van der Waals surface area contributed by atoms with Crippen molar-refractivity contribution in [3.05, 3.63) is 74.5 Å². The summed E-state index contributed by atoms with van der Waals surface area (Å²) in [5.74, 6) is -1.16. The zero-order valence-electron chi connectivity index (χ0n) is 19.7. The van der Waals surface area contributed by atoms with Crippen molar-refractivity contribution >= 4 is 68.0 Å². The number of hydrogen-bond acceptors (Lipinski definition) is 7. The summed E-state index contributed by atoms with van der Waals surface area (Å²) in [7, 11) is -3.52. The first kappa shape index (κ1) is 26.1. The molecule has 0 radical (unpaired) electrons. The first-order valence-electron chi connectivity index (χ1n) is 11.0. The van der Waals surface area contributed by atoms with Crippen molar-refractivity contribution in [1.82, 2.24) is 14.8 Å². The van der Waals surface area contributed by atoms with Gasteiger partial charge >= 0.3 is 5.97 Å². The van der Waals surface area contributed by atoms with Crippen molar-refractivity contribution < 1.29 is 18.3 Å². The van der Waals surface area contributed by atoms with Crippen molar-refractivity contribution in [2.75, 3.05) is 11.0 Å². The van der Waals surface area contributed by atoms with Gasteiger partial charge in [-0.15, -0.1) is 11.8 Å². The molecular weight excluding hydrogens is 575 g/mol. The Kier molecular flexibility index (Phi) is 6.78. The molecule has 2 aromatic heterocycles. The monoisotopic (exact) mass is 594 g/mol. The predicted octanol–water partition coefficient (Wildman–Crippen LogP) is 6.44. The van der Waals surface area contributed by atoms with Crippen LogP contribution in [0.1, 0.15) is 45.0 Å². The number of thioether (sulfide) groups is 1. The fourth-order valence-electron chi connectivity index (χ4n) is 4.26. The fraction of sp³-hybridized carbons (Fsp3) is 0.208. The number of rotatable bonds is 6. The minimum Gasteiger partial charge on any atom is -0.476 e. The number of aromatic carboxylic acids is 1. The Balaban J connectivity index is 1.61. The zero-order chi connectivity index (χ0) is 26.6. The normalized spacial score (nSPS) is 14.8. The van der Waals surface area contributed by atoms with E-state index in [0.717, 1.165) is 21.6 Å². The molecule has 2 aromatic carbocycles. The predicted molar refractivity (Wildman–Crippen MR) is 148 cm³/mol. The quantitative estimate of drug-likeness (QED) is 0.264. The molecule has 0 fully saturated rings. The van der Waals surface area contributed by atoms with Crippen LogP contribution in [0.4, 0.5) is 5.69 Å². The molecule has 1 aliphatic heterocycles. The molecule has 0 spiro atoms. The van der Waals surface area contributed by atoms with Crippen LogP contribution in [-0.4, -0.2) is 40.5 Å². The van der Waals surface area contributed by atoms with Crippen molar-refractivity contribution in [3.63, 3.8) is 0 Å². The molecule has 0 bridgehead atoms. The number of para-hydroxylation sites is 1. The van der Waals surface area contributed by atoms with Gasteiger partial charge in [-0.05, 0) is 43.2 Å². The van der Waals surface area contributed by atoms with Crippen LogP contribution in [0, 0.1) is 6.92 Å². The molecule has 0 saturated carbocycles. The Labute approximate surface area is 231 Å². The number of hydrogen-bond donors (Lipinski definition) is 2. The average Bonchev–Trinajstić information content (AvgIpc) is 3.37. The maximum Gasteiger partial charge on any atom is 0.355 e. The lowest BCUT2D eigenvalue weighted by Crippen LogP contribution is -2.13. The van der Waals surface area contributed by atoms with Crippen LogP contribution in [0.15, 0.2) is 40.6 Å². The Morgan fingerprint density at radius 2 is 1.92 bits per heavy atom. The van der Waals surface area contributed by atoms with Gasteiger partial charge < -0.3 is 5.11 Å². The smallest absolute Gasteiger partial charge is 0.355 e. The van der Waals surface area contributed by atoms with Crippen LogP contribution in [-0.2, 0) is 16.4 Å². The van der Waals surface area contributed by atoms with E-state index in [4.69, 9.17) is 28.2 Å². The molecular formula is C24H20Cl2N4O4S3. The molecule has 192 valence electrons. The highest BCUT2D eigenvalue weighted by Crippen LogP contribution is 2.52. The number of benzene rings is 2. The van der Waals surface area contributed by atoms with Gasteiger partial charge in [0.1, 0.15) is 0 Å². The summed E-state index contributed by atoms with van der Waals surface area (Å²) < 4.78 is 28.5. The standard InChI is InChI=1S/C24H20Cl2N4O4S3/c1-11-14(8-13-6-4-5-7-19(13)29-37(3,33)34)21(22(31)32)30(28-11)24-27-20-16-10-18(26)17(25)9-15(16)12(2)35-23(20)36-24/h4-7,9-10,12,29H,8H2,1-3H3,(H,31,32). The second-order valence-electron chi connectivity index (χ2n) is 8.58. The van der Waals surface area contributed by atoms with Gasteiger partial charge in [-0.25, -0.2) is 18.2 Å². The maximum absolute atomic E-state index is 12.5. The van der Waals surface area contributed by atoms with E-state index in [2.05, 4.69) is 16.7 Å². The van der Waals surface area contributed by atoms with Crippen LogP contribution in [0.3, 0.4) is 0 Å². The number of nitrogens with one attached hydrogen (secondary N) is 1. The van der Waals surface area contributed by atoms with Gasteiger partial charge in [0, 0.05) is 22.8 Å². The number of sulfonamides is 1. The van der Waals surface area contributed by atoms with Gasteiger partial charge in [0.05, 0.1) is 37.6 Å². The number of anilines is 1. The summed E-state index contributed by atoms with van der Waals surface area (Å²) in [6.45, 7) is 3.79. The lowest BCUT2D eigenvalue weighted by atomic mass is 10.0. The number of carboxylic acid groups (broad SMARTS) is 1. The van der Waals surface area contributed by atoms with Gasteiger partial charge in [-0.3, -0.25) is 4.72 Å². The Bertz CT molecular complexity index is 1680. The second-order valence-corrected chi connectivity index (χ2v) is 13.7. The summed E-state index contributed by atoms with van der Waals surface area (Å²) in [5, 5.41) is 16.1. The molecule has 13 heteroatoms. The summed E-state index contributed by atoms with van der Waals surface area (Å²) in [5.41, 5.74) is 4.55. The molecule has 1 unspecified atom stereocenters. The van der Waals surface area contributed by atoms with Gasteiger partial charge in [0.25, 0.3) is 0 Å². The maximum atomic E-state index is 12.5. The van der Waals surface area contributed by atoms with E-state index >= 15 is 0 Å². The summed E-state index contributed by atoms with van der Waals surface area (Å²) in [6, 6.07) is 10.5.